The molecule has 2 aromatic rings. The average molecular weight is 441 g/mol. The lowest BCUT2D eigenvalue weighted by atomic mass is 9.71. The van der Waals surface area contributed by atoms with Crippen LogP contribution in [0.2, 0.25) is 0 Å². The fourth-order valence-corrected chi connectivity index (χ4v) is 5.12. The first-order chi connectivity index (χ1) is 15.2. The second kappa shape index (κ2) is 8.77. The second-order valence-corrected chi connectivity index (χ2v) is 9.65. The van der Waals surface area contributed by atoms with E-state index in [1.807, 2.05) is 43.0 Å². The molecule has 0 spiro atoms. The molecule has 1 atom stereocenters. The van der Waals surface area contributed by atoms with Crippen molar-refractivity contribution in [2.24, 2.45) is 0 Å². The van der Waals surface area contributed by atoms with E-state index in [2.05, 4.69) is 6.92 Å². The molecule has 1 amide bonds. The van der Waals surface area contributed by atoms with Crippen molar-refractivity contribution in [3.63, 3.8) is 0 Å². The highest BCUT2D eigenvalue weighted by atomic mass is 19.1. The van der Waals surface area contributed by atoms with E-state index in [9.17, 15) is 9.18 Å². The Kier molecular flexibility index (Phi) is 6.21. The smallest absolute Gasteiger partial charge is 0.233 e. The summed E-state index contributed by atoms with van der Waals surface area (Å²) in [5, 5.41) is 0. The number of benzene rings is 1. The first-order valence-electron chi connectivity index (χ1n) is 11.4. The number of rotatable bonds is 4. The molecule has 2 fully saturated rings. The molecule has 172 valence electrons. The molecule has 1 aromatic heterocycles. The molecule has 3 heterocycles. The fraction of sp³-hybridized carbons (Fsp3) is 0.560. The summed E-state index contributed by atoms with van der Waals surface area (Å²) in [4.78, 5) is 27.5. The third-order valence-corrected chi connectivity index (χ3v) is 6.97. The molecule has 0 N–H and O–H groups in total. The summed E-state index contributed by atoms with van der Waals surface area (Å²) in [5.74, 6) is 1.31. The van der Waals surface area contributed by atoms with Crippen LogP contribution in [-0.4, -0.2) is 61.2 Å². The van der Waals surface area contributed by atoms with Gasteiger partial charge in [-0.3, -0.25) is 4.79 Å². The molecular weight excluding hydrogens is 407 g/mol. The summed E-state index contributed by atoms with van der Waals surface area (Å²) >= 11 is 0. The molecule has 0 radical (unpaired) electrons. The van der Waals surface area contributed by atoms with Gasteiger partial charge in [-0.2, -0.15) is 0 Å². The summed E-state index contributed by atoms with van der Waals surface area (Å²) in [6.45, 7) is 6.22. The average Bonchev–Trinajstić information content (AvgIpc) is 2.79. The molecule has 7 heteroatoms. The van der Waals surface area contributed by atoms with E-state index in [-0.39, 0.29) is 17.1 Å². The van der Waals surface area contributed by atoms with Gasteiger partial charge in [0.25, 0.3) is 0 Å². The second-order valence-electron chi connectivity index (χ2n) is 9.65. The number of piperidine rings is 1. The number of halogens is 1. The van der Waals surface area contributed by atoms with Crippen LogP contribution >= 0.6 is 0 Å². The molecule has 6 nitrogen and oxygen atoms in total. The quantitative estimate of drug-likeness (QED) is 0.727. The minimum Gasteiger partial charge on any atom is -0.381 e. The van der Waals surface area contributed by atoms with Crippen LogP contribution in [-0.2, 0) is 20.4 Å². The number of ether oxygens (including phenoxy) is 1. The van der Waals surface area contributed by atoms with E-state index in [0.717, 1.165) is 30.2 Å². The monoisotopic (exact) mass is 440 g/mol. The third-order valence-electron chi connectivity index (χ3n) is 6.97. The molecule has 4 rings (SSSR count). The Balaban J connectivity index is 1.68. The molecule has 0 saturated carbocycles. The Labute approximate surface area is 189 Å². The topological polar surface area (TPSA) is 58.6 Å². The van der Waals surface area contributed by atoms with Crippen molar-refractivity contribution in [2.45, 2.75) is 50.4 Å². The number of hydrogen-bond acceptors (Lipinski definition) is 5. The zero-order chi connectivity index (χ0) is 22.9. The van der Waals surface area contributed by atoms with Crippen LogP contribution in [0.15, 0.2) is 30.3 Å². The summed E-state index contributed by atoms with van der Waals surface area (Å²) in [6, 6.07) is 8.66. The highest BCUT2D eigenvalue weighted by Crippen LogP contribution is 2.41. The molecule has 2 aliphatic rings. The summed E-state index contributed by atoms with van der Waals surface area (Å²) in [5.41, 5.74) is 0.161. The van der Waals surface area contributed by atoms with Crippen molar-refractivity contribution in [2.75, 3.05) is 45.3 Å². The highest BCUT2D eigenvalue weighted by molar-refractivity contribution is 5.88. The Morgan fingerprint density at radius 3 is 2.56 bits per heavy atom. The first kappa shape index (κ1) is 22.6. The Morgan fingerprint density at radius 1 is 1.16 bits per heavy atom. The summed E-state index contributed by atoms with van der Waals surface area (Å²) in [7, 11) is 3.93. The minimum absolute atomic E-state index is 0.00249. The van der Waals surface area contributed by atoms with Crippen molar-refractivity contribution in [3.8, 4) is 0 Å². The maximum Gasteiger partial charge on any atom is 0.233 e. The van der Waals surface area contributed by atoms with Crippen molar-refractivity contribution in [1.82, 2.24) is 14.9 Å². The predicted octanol–water partition coefficient (Wildman–Crippen LogP) is 3.62. The van der Waals surface area contributed by atoms with E-state index in [1.165, 1.54) is 6.07 Å². The van der Waals surface area contributed by atoms with Gasteiger partial charge >= 0.3 is 0 Å². The standard InChI is InChI=1S/C25H33FN4O2/c1-18-16-21(29(3)4)28-22(27-18)24(2)10-7-13-30(17-24)23(31)25(11-14-32-15-12-25)19-8-5-6-9-20(19)26/h5-6,8-9,16H,7,10-15,17H2,1-4H3/t24-/m1/s1. The van der Waals surface area contributed by atoms with Gasteiger partial charge in [0.15, 0.2) is 0 Å². The van der Waals surface area contributed by atoms with Crippen LogP contribution in [0.5, 0.6) is 0 Å². The highest BCUT2D eigenvalue weighted by Gasteiger charge is 2.48. The molecule has 0 aliphatic carbocycles. The number of nitrogens with zero attached hydrogens (tertiary/aromatic N) is 4. The summed E-state index contributed by atoms with van der Waals surface area (Å²) < 4.78 is 20.5. The van der Waals surface area contributed by atoms with E-state index in [4.69, 9.17) is 14.7 Å². The Hall–Kier alpha value is -2.54. The maximum atomic E-state index is 14.9. The summed E-state index contributed by atoms with van der Waals surface area (Å²) in [6.07, 6.45) is 2.75. The van der Waals surface area contributed by atoms with Crippen LogP contribution in [0.3, 0.4) is 0 Å². The minimum atomic E-state index is -0.885. The van der Waals surface area contributed by atoms with Crippen LogP contribution in [0, 0.1) is 12.7 Å². The number of likely N-dealkylation sites (tertiary alicyclic amines) is 1. The van der Waals surface area contributed by atoms with Gasteiger partial charge in [-0.25, -0.2) is 14.4 Å². The van der Waals surface area contributed by atoms with Crippen molar-refractivity contribution >= 4 is 11.7 Å². The van der Waals surface area contributed by atoms with Gasteiger partial charge in [0.2, 0.25) is 5.91 Å². The lowest BCUT2D eigenvalue weighted by molar-refractivity contribution is -0.143. The lowest BCUT2D eigenvalue weighted by Crippen LogP contribution is -2.55. The van der Waals surface area contributed by atoms with Crippen LogP contribution in [0.1, 0.15) is 49.7 Å². The third kappa shape index (κ3) is 4.10. The van der Waals surface area contributed by atoms with Gasteiger partial charge in [0, 0.05) is 63.1 Å². The van der Waals surface area contributed by atoms with Gasteiger partial charge in [0.1, 0.15) is 17.5 Å². The number of carbonyl (C=O) groups is 1. The van der Waals surface area contributed by atoms with Crippen molar-refractivity contribution < 1.29 is 13.9 Å². The zero-order valence-corrected chi connectivity index (χ0v) is 19.5. The maximum absolute atomic E-state index is 14.9. The van der Waals surface area contributed by atoms with Gasteiger partial charge < -0.3 is 14.5 Å². The molecule has 0 bridgehead atoms. The van der Waals surface area contributed by atoms with Gasteiger partial charge in [0.05, 0.1) is 5.41 Å². The number of anilines is 1. The molecule has 32 heavy (non-hydrogen) atoms. The molecule has 0 unspecified atom stereocenters. The van der Waals surface area contributed by atoms with Crippen LogP contribution in [0.4, 0.5) is 10.2 Å². The zero-order valence-electron chi connectivity index (χ0n) is 19.5. The largest absolute Gasteiger partial charge is 0.381 e. The van der Waals surface area contributed by atoms with Crippen molar-refractivity contribution in [3.05, 3.63) is 53.2 Å². The van der Waals surface area contributed by atoms with E-state index >= 15 is 0 Å². The van der Waals surface area contributed by atoms with Gasteiger partial charge in [-0.05, 0) is 38.7 Å². The Morgan fingerprint density at radius 2 is 1.88 bits per heavy atom. The SMILES string of the molecule is Cc1cc(N(C)C)nc([C@]2(C)CCCN(C(=O)C3(c4ccccc4F)CCOCC3)C2)n1. The molecule has 2 aliphatic heterocycles. The molecular formula is C25H33FN4O2. The van der Waals surface area contributed by atoms with E-state index in [1.54, 1.807) is 12.1 Å². The van der Waals surface area contributed by atoms with E-state index in [0.29, 0.717) is 44.7 Å². The number of amides is 1. The normalized spacial score (nSPS) is 23.1. The number of carbonyl (C=O) groups excluding carboxylic acids is 1. The van der Waals surface area contributed by atoms with Gasteiger partial charge in [-0.1, -0.05) is 25.1 Å². The van der Waals surface area contributed by atoms with Gasteiger partial charge in [-0.15, -0.1) is 0 Å². The predicted molar refractivity (Wildman–Crippen MR) is 122 cm³/mol. The Bertz CT molecular complexity index is 990. The van der Waals surface area contributed by atoms with Crippen LogP contribution < -0.4 is 4.90 Å². The fourth-order valence-electron chi connectivity index (χ4n) is 5.12. The first-order valence-corrected chi connectivity index (χ1v) is 11.4. The number of aryl methyl sites for hydroxylation is 1. The number of hydrogen-bond donors (Lipinski definition) is 0. The van der Waals surface area contributed by atoms with Crippen molar-refractivity contribution in [1.29, 1.82) is 0 Å². The van der Waals surface area contributed by atoms with Crippen LogP contribution in [0.25, 0.3) is 0 Å². The molecule has 2 saturated heterocycles. The number of aromatic nitrogens is 2. The lowest BCUT2D eigenvalue weighted by Gasteiger charge is -2.45. The molecule has 1 aromatic carbocycles. The van der Waals surface area contributed by atoms with E-state index < -0.39 is 5.41 Å².